The van der Waals surface area contributed by atoms with Gasteiger partial charge in [0.15, 0.2) is 0 Å². The second kappa shape index (κ2) is 8.79. The van der Waals surface area contributed by atoms with Crippen LogP contribution in [0.15, 0.2) is 54.6 Å². The number of aryl methyl sites for hydroxylation is 1. The van der Waals surface area contributed by atoms with Gasteiger partial charge in [0, 0.05) is 38.4 Å². The normalized spacial score (nSPS) is 15.9. The number of para-hydroxylation sites is 1. The third kappa shape index (κ3) is 5.15. The van der Waals surface area contributed by atoms with E-state index in [2.05, 4.69) is 58.4 Å². The summed E-state index contributed by atoms with van der Waals surface area (Å²) in [4.78, 5) is 17.1. The first-order chi connectivity index (χ1) is 12.2. The van der Waals surface area contributed by atoms with Crippen LogP contribution in [0, 0.1) is 0 Å². The maximum atomic E-state index is 12.4. The van der Waals surface area contributed by atoms with Crippen molar-refractivity contribution >= 4 is 11.6 Å². The quantitative estimate of drug-likeness (QED) is 0.880. The topological polar surface area (TPSA) is 35.6 Å². The summed E-state index contributed by atoms with van der Waals surface area (Å²) < 4.78 is 0. The third-order valence-corrected chi connectivity index (χ3v) is 4.75. The molecule has 1 heterocycles. The average molecular weight is 337 g/mol. The summed E-state index contributed by atoms with van der Waals surface area (Å²) in [6.07, 6.45) is 0.925. The zero-order chi connectivity index (χ0) is 17.5. The van der Waals surface area contributed by atoms with Gasteiger partial charge in [0.1, 0.15) is 0 Å². The molecule has 3 rings (SSSR count). The minimum absolute atomic E-state index is 0.0809. The Hall–Kier alpha value is -2.17. The summed E-state index contributed by atoms with van der Waals surface area (Å²) in [5, 5.41) is 3.07. The van der Waals surface area contributed by atoms with Gasteiger partial charge < -0.3 is 5.32 Å². The molecule has 0 atom stereocenters. The number of nitrogens with zero attached hydrogens (tertiary/aromatic N) is 2. The zero-order valence-electron chi connectivity index (χ0n) is 14.9. The second-order valence-corrected chi connectivity index (χ2v) is 6.60. The molecule has 4 heteroatoms. The van der Waals surface area contributed by atoms with E-state index in [0.717, 1.165) is 44.8 Å². The summed E-state index contributed by atoms with van der Waals surface area (Å²) >= 11 is 0. The highest BCUT2D eigenvalue weighted by molar-refractivity contribution is 5.93. The molecule has 1 aliphatic heterocycles. The molecule has 2 aromatic carbocycles. The van der Waals surface area contributed by atoms with Crippen molar-refractivity contribution in [3.05, 3.63) is 65.7 Å². The van der Waals surface area contributed by atoms with Crippen LogP contribution in [0.1, 0.15) is 18.1 Å². The Morgan fingerprint density at radius 3 is 2.28 bits per heavy atom. The fraction of sp³-hybridized carbons (Fsp3) is 0.381. The van der Waals surface area contributed by atoms with Crippen molar-refractivity contribution in [2.45, 2.75) is 19.9 Å². The molecule has 4 nitrogen and oxygen atoms in total. The predicted octanol–water partition coefficient (Wildman–Crippen LogP) is 3.01. The van der Waals surface area contributed by atoms with Crippen molar-refractivity contribution in [1.82, 2.24) is 9.80 Å². The largest absolute Gasteiger partial charge is 0.325 e. The van der Waals surface area contributed by atoms with E-state index < -0.39 is 0 Å². The van der Waals surface area contributed by atoms with Crippen LogP contribution >= 0.6 is 0 Å². The van der Waals surface area contributed by atoms with E-state index in [1.807, 2.05) is 18.2 Å². The number of hydrogen-bond donors (Lipinski definition) is 1. The van der Waals surface area contributed by atoms with Gasteiger partial charge in [-0.05, 0) is 23.6 Å². The molecule has 1 fully saturated rings. The Labute approximate surface area is 150 Å². The molecule has 0 aliphatic carbocycles. The first kappa shape index (κ1) is 17.6. The highest BCUT2D eigenvalue weighted by Gasteiger charge is 2.19. The number of nitrogens with one attached hydrogen (secondary N) is 1. The summed E-state index contributed by atoms with van der Waals surface area (Å²) in [6.45, 7) is 7.46. The maximum absolute atomic E-state index is 12.4. The molecule has 0 radical (unpaired) electrons. The average Bonchev–Trinajstić information content (AvgIpc) is 2.64. The highest BCUT2D eigenvalue weighted by atomic mass is 16.2. The summed E-state index contributed by atoms with van der Waals surface area (Å²) in [6, 6.07) is 18.6. The van der Waals surface area contributed by atoms with E-state index in [-0.39, 0.29) is 5.91 Å². The highest BCUT2D eigenvalue weighted by Crippen LogP contribution is 2.15. The van der Waals surface area contributed by atoms with Crippen LogP contribution in [0.2, 0.25) is 0 Å². The molecule has 25 heavy (non-hydrogen) atoms. The minimum Gasteiger partial charge on any atom is -0.325 e. The lowest BCUT2D eigenvalue weighted by Crippen LogP contribution is -2.48. The van der Waals surface area contributed by atoms with Crippen LogP contribution in [-0.4, -0.2) is 48.4 Å². The SMILES string of the molecule is CCc1ccccc1NC(=O)CN1CCN(Cc2ccccc2)CC1. The van der Waals surface area contributed by atoms with Gasteiger partial charge in [-0.1, -0.05) is 55.5 Å². The molecular formula is C21H27N3O. The van der Waals surface area contributed by atoms with Gasteiger partial charge >= 0.3 is 0 Å². The molecule has 0 saturated carbocycles. The molecule has 0 bridgehead atoms. The zero-order valence-corrected chi connectivity index (χ0v) is 14.9. The Bertz CT molecular complexity index is 679. The molecule has 2 aromatic rings. The van der Waals surface area contributed by atoms with E-state index in [9.17, 15) is 4.79 Å². The minimum atomic E-state index is 0.0809. The summed E-state index contributed by atoms with van der Waals surface area (Å²) in [7, 11) is 0. The number of benzene rings is 2. The van der Waals surface area contributed by atoms with E-state index in [4.69, 9.17) is 0 Å². The lowest BCUT2D eigenvalue weighted by Gasteiger charge is -2.34. The summed E-state index contributed by atoms with van der Waals surface area (Å²) in [5.74, 6) is 0.0809. The van der Waals surface area contributed by atoms with Gasteiger partial charge in [0.05, 0.1) is 6.54 Å². The van der Waals surface area contributed by atoms with Crippen LogP contribution < -0.4 is 5.32 Å². The van der Waals surface area contributed by atoms with Crippen LogP contribution in [0.4, 0.5) is 5.69 Å². The second-order valence-electron chi connectivity index (χ2n) is 6.60. The van der Waals surface area contributed by atoms with Crippen LogP contribution in [-0.2, 0) is 17.8 Å². The van der Waals surface area contributed by atoms with Crippen molar-refractivity contribution in [3.63, 3.8) is 0 Å². The van der Waals surface area contributed by atoms with Crippen molar-refractivity contribution < 1.29 is 4.79 Å². The third-order valence-electron chi connectivity index (χ3n) is 4.75. The maximum Gasteiger partial charge on any atom is 0.238 e. The fourth-order valence-corrected chi connectivity index (χ4v) is 3.29. The Kier molecular flexibility index (Phi) is 6.20. The molecule has 1 aliphatic rings. The van der Waals surface area contributed by atoms with Crippen molar-refractivity contribution in [3.8, 4) is 0 Å². The Balaban J connectivity index is 1.45. The Morgan fingerprint density at radius 1 is 0.920 bits per heavy atom. The molecule has 0 unspecified atom stereocenters. The van der Waals surface area contributed by atoms with Crippen LogP contribution in [0.5, 0.6) is 0 Å². The molecule has 0 spiro atoms. The number of rotatable bonds is 6. The van der Waals surface area contributed by atoms with Crippen molar-refractivity contribution in [2.75, 3.05) is 38.0 Å². The Morgan fingerprint density at radius 2 is 1.56 bits per heavy atom. The van der Waals surface area contributed by atoms with E-state index in [1.165, 1.54) is 11.1 Å². The molecular weight excluding hydrogens is 310 g/mol. The number of carbonyl (C=O) groups is 1. The lowest BCUT2D eigenvalue weighted by molar-refractivity contribution is -0.117. The van der Waals surface area contributed by atoms with Gasteiger partial charge in [-0.15, -0.1) is 0 Å². The smallest absolute Gasteiger partial charge is 0.238 e. The number of anilines is 1. The van der Waals surface area contributed by atoms with Crippen molar-refractivity contribution in [1.29, 1.82) is 0 Å². The number of hydrogen-bond acceptors (Lipinski definition) is 3. The molecule has 1 amide bonds. The van der Waals surface area contributed by atoms with E-state index in [0.29, 0.717) is 6.54 Å². The number of piperazine rings is 1. The van der Waals surface area contributed by atoms with Crippen LogP contribution in [0.25, 0.3) is 0 Å². The van der Waals surface area contributed by atoms with E-state index >= 15 is 0 Å². The monoisotopic (exact) mass is 337 g/mol. The van der Waals surface area contributed by atoms with Gasteiger partial charge in [-0.2, -0.15) is 0 Å². The summed E-state index contributed by atoms with van der Waals surface area (Å²) in [5.41, 5.74) is 3.48. The van der Waals surface area contributed by atoms with Gasteiger partial charge in [0.25, 0.3) is 0 Å². The number of amides is 1. The van der Waals surface area contributed by atoms with Gasteiger partial charge in [-0.3, -0.25) is 14.6 Å². The first-order valence-corrected chi connectivity index (χ1v) is 9.11. The fourth-order valence-electron chi connectivity index (χ4n) is 3.29. The number of carbonyl (C=O) groups excluding carboxylic acids is 1. The van der Waals surface area contributed by atoms with E-state index in [1.54, 1.807) is 0 Å². The van der Waals surface area contributed by atoms with Crippen molar-refractivity contribution in [2.24, 2.45) is 0 Å². The molecule has 1 saturated heterocycles. The first-order valence-electron chi connectivity index (χ1n) is 9.11. The molecule has 132 valence electrons. The molecule has 0 aromatic heterocycles. The predicted molar refractivity (Wildman–Crippen MR) is 103 cm³/mol. The van der Waals surface area contributed by atoms with Crippen LogP contribution in [0.3, 0.4) is 0 Å². The van der Waals surface area contributed by atoms with Gasteiger partial charge in [-0.25, -0.2) is 0 Å². The lowest BCUT2D eigenvalue weighted by atomic mass is 10.1. The van der Waals surface area contributed by atoms with Gasteiger partial charge in [0.2, 0.25) is 5.91 Å². The molecule has 1 N–H and O–H groups in total. The standard InChI is InChI=1S/C21H27N3O/c1-2-19-10-6-7-11-20(19)22-21(25)17-24-14-12-23(13-15-24)16-18-8-4-3-5-9-18/h3-11H,2,12-17H2,1H3,(H,22,25).